The fraction of sp³-hybridized carbons (Fsp3) is 0.846. The first kappa shape index (κ1) is 14.8. The quantitative estimate of drug-likeness (QED) is 0.341. The number of nitrogens with two attached hydrogens (primary N) is 1. The zero-order valence-electron chi connectivity index (χ0n) is 11.4. The van der Waals surface area contributed by atoms with Crippen molar-refractivity contribution in [3.8, 4) is 0 Å². The van der Waals surface area contributed by atoms with E-state index >= 15 is 0 Å². The molecule has 1 heterocycles. The summed E-state index contributed by atoms with van der Waals surface area (Å²) in [6, 6.07) is 0.330. The molecule has 104 valence electrons. The number of likely N-dealkylation sites (tertiary alicyclic amines) is 1. The normalized spacial score (nSPS) is 22.9. The van der Waals surface area contributed by atoms with Gasteiger partial charge in [-0.25, -0.2) is 0 Å². The Hall–Kier alpha value is -1.26. The second-order valence-electron chi connectivity index (χ2n) is 4.96. The highest BCUT2D eigenvalue weighted by molar-refractivity contribution is 6.02. The minimum absolute atomic E-state index is 0.0194. The summed E-state index contributed by atoms with van der Waals surface area (Å²) in [6.45, 7) is 4.83. The summed E-state index contributed by atoms with van der Waals surface area (Å²) in [5.41, 5.74) is 5.61. The third kappa shape index (κ3) is 3.37. The van der Waals surface area contributed by atoms with E-state index in [1.165, 1.54) is 6.42 Å². The Balaban J connectivity index is 2.78. The first-order valence-electron chi connectivity index (χ1n) is 6.93. The lowest BCUT2D eigenvalue weighted by Gasteiger charge is -2.37. The van der Waals surface area contributed by atoms with Crippen LogP contribution in [-0.2, 0) is 4.79 Å². The lowest BCUT2D eigenvalue weighted by Crippen LogP contribution is -2.49. The number of carbonyl (C=O) groups is 1. The molecule has 0 saturated carbocycles. The van der Waals surface area contributed by atoms with Gasteiger partial charge in [-0.1, -0.05) is 25.4 Å². The number of carbonyl (C=O) groups excluding carboxylic acids is 1. The zero-order valence-corrected chi connectivity index (χ0v) is 11.4. The van der Waals surface area contributed by atoms with Crippen LogP contribution in [0.15, 0.2) is 5.16 Å². The van der Waals surface area contributed by atoms with Crippen molar-refractivity contribution in [2.24, 2.45) is 16.8 Å². The molecule has 1 rings (SSSR count). The van der Waals surface area contributed by atoms with Crippen molar-refractivity contribution in [1.82, 2.24) is 4.90 Å². The summed E-state index contributed by atoms with van der Waals surface area (Å²) in [5, 5.41) is 11.7. The molecule has 5 heteroatoms. The number of amides is 1. The number of hydrogen-bond acceptors (Lipinski definition) is 3. The van der Waals surface area contributed by atoms with Crippen LogP contribution >= 0.6 is 0 Å². The van der Waals surface area contributed by atoms with E-state index in [1.54, 1.807) is 0 Å². The molecule has 1 amide bonds. The van der Waals surface area contributed by atoms with Gasteiger partial charge in [-0.05, 0) is 32.1 Å². The van der Waals surface area contributed by atoms with Gasteiger partial charge in [0.25, 0.3) is 0 Å². The van der Waals surface area contributed by atoms with Gasteiger partial charge in [-0.15, -0.1) is 0 Å². The second-order valence-corrected chi connectivity index (χ2v) is 4.96. The van der Waals surface area contributed by atoms with Gasteiger partial charge in [0.05, 0.1) is 5.92 Å². The van der Waals surface area contributed by atoms with Crippen LogP contribution < -0.4 is 5.73 Å². The summed E-state index contributed by atoms with van der Waals surface area (Å²) in [7, 11) is 0. The lowest BCUT2D eigenvalue weighted by molar-refractivity contribution is -0.137. The molecular formula is C13H25N3O2. The first-order valence-corrected chi connectivity index (χ1v) is 6.93. The van der Waals surface area contributed by atoms with Gasteiger partial charge in [0.1, 0.15) is 0 Å². The Kier molecular flexibility index (Phi) is 5.95. The largest absolute Gasteiger partial charge is 0.409 e. The van der Waals surface area contributed by atoms with Crippen LogP contribution in [0.5, 0.6) is 0 Å². The molecule has 0 bridgehead atoms. The molecule has 0 aliphatic carbocycles. The first-order chi connectivity index (χ1) is 8.65. The maximum atomic E-state index is 12.5. The fourth-order valence-electron chi connectivity index (χ4n) is 2.70. The average Bonchev–Trinajstić information content (AvgIpc) is 2.40. The summed E-state index contributed by atoms with van der Waals surface area (Å²) >= 11 is 0. The van der Waals surface area contributed by atoms with Crippen molar-refractivity contribution in [2.45, 2.75) is 58.4 Å². The second kappa shape index (κ2) is 7.24. The Morgan fingerprint density at radius 1 is 1.50 bits per heavy atom. The molecule has 0 radical (unpaired) electrons. The van der Waals surface area contributed by atoms with Crippen molar-refractivity contribution in [2.75, 3.05) is 6.54 Å². The molecule has 0 spiro atoms. The third-order valence-electron chi connectivity index (χ3n) is 3.71. The minimum Gasteiger partial charge on any atom is -0.409 e. The molecule has 1 saturated heterocycles. The molecule has 3 N–H and O–H groups in total. The van der Waals surface area contributed by atoms with Crippen LogP contribution in [0.3, 0.4) is 0 Å². The Morgan fingerprint density at radius 2 is 2.22 bits per heavy atom. The molecule has 0 aromatic rings. The molecule has 2 unspecified atom stereocenters. The Bertz CT molecular complexity index is 303. The summed E-state index contributed by atoms with van der Waals surface area (Å²) < 4.78 is 0. The highest BCUT2D eigenvalue weighted by Crippen LogP contribution is 2.23. The highest BCUT2D eigenvalue weighted by atomic mass is 16.4. The molecule has 1 aliphatic rings. The predicted octanol–water partition coefficient (Wildman–Crippen LogP) is 1.94. The fourth-order valence-corrected chi connectivity index (χ4v) is 2.70. The van der Waals surface area contributed by atoms with Crippen molar-refractivity contribution in [1.29, 1.82) is 0 Å². The van der Waals surface area contributed by atoms with Crippen LogP contribution in [0.2, 0.25) is 0 Å². The van der Waals surface area contributed by atoms with E-state index in [0.717, 1.165) is 32.2 Å². The van der Waals surface area contributed by atoms with E-state index in [2.05, 4.69) is 12.1 Å². The average molecular weight is 255 g/mol. The van der Waals surface area contributed by atoms with Gasteiger partial charge in [-0.2, -0.15) is 0 Å². The van der Waals surface area contributed by atoms with Crippen molar-refractivity contribution < 1.29 is 10.0 Å². The third-order valence-corrected chi connectivity index (χ3v) is 3.71. The number of amidine groups is 1. The number of oxime groups is 1. The number of rotatable bonds is 5. The molecule has 0 aromatic carbocycles. The van der Waals surface area contributed by atoms with E-state index < -0.39 is 5.92 Å². The maximum Gasteiger partial charge on any atom is 0.233 e. The topological polar surface area (TPSA) is 78.9 Å². The van der Waals surface area contributed by atoms with Crippen LogP contribution in [0.4, 0.5) is 0 Å². The van der Waals surface area contributed by atoms with Crippen LogP contribution in [0, 0.1) is 5.92 Å². The SMILES string of the molecule is CCCC1CCCCN1C(=O)C(CC)C(N)=NO. The van der Waals surface area contributed by atoms with Crippen LogP contribution in [0.25, 0.3) is 0 Å². The zero-order chi connectivity index (χ0) is 13.5. The van der Waals surface area contributed by atoms with E-state index in [9.17, 15) is 4.79 Å². The molecule has 5 nitrogen and oxygen atoms in total. The molecule has 1 aliphatic heterocycles. The lowest BCUT2D eigenvalue weighted by atomic mass is 9.95. The van der Waals surface area contributed by atoms with Gasteiger partial charge < -0.3 is 15.8 Å². The van der Waals surface area contributed by atoms with Crippen molar-refractivity contribution in [3.05, 3.63) is 0 Å². The van der Waals surface area contributed by atoms with Gasteiger partial charge >= 0.3 is 0 Å². The number of nitrogens with zero attached hydrogens (tertiary/aromatic N) is 2. The van der Waals surface area contributed by atoms with E-state index in [4.69, 9.17) is 10.9 Å². The molecular weight excluding hydrogens is 230 g/mol. The summed E-state index contributed by atoms with van der Waals surface area (Å²) in [5.74, 6) is -0.429. The van der Waals surface area contributed by atoms with E-state index in [1.807, 2.05) is 11.8 Å². The molecule has 18 heavy (non-hydrogen) atoms. The van der Waals surface area contributed by atoms with Crippen molar-refractivity contribution in [3.63, 3.8) is 0 Å². The minimum atomic E-state index is -0.479. The van der Waals surface area contributed by atoms with Gasteiger partial charge in [-0.3, -0.25) is 4.79 Å². The summed E-state index contributed by atoms with van der Waals surface area (Å²) in [4.78, 5) is 14.4. The van der Waals surface area contributed by atoms with Gasteiger partial charge in [0.15, 0.2) is 5.84 Å². The monoisotopic (exact) mass is 255 g/mol. The van der Waals surface area contributed by atoms with Gasteiger partial charge in [0, 0.05) is 12.6 Å². The van der Waals surface area contributed by atoms with E-state index in [-0.39, 0.29) is 11.7 Å². The Labute approximate surface area is 109 Å². The highest BCUT2D eigenvalue weighted by Gasteiger charge is 2.32. The van der Waals surface area contributed by atoms with Gasteiger partial charge in [0.2, 0.25) is 5.91 Å². The number of hydrogen-bond donors (Lipinski definition) is 2. The smallest absolute Gasteiger partial charge is 0.233 e. The Morgan fingerprint density at radius 3 is 2.78 bits per heavy atom. The molecule has 0 aromatic heterocycles. The van der Waals surface area contributed by atoms with Crippen molar-refractivity contribution >= 4 is 11.7 Å². The molecule has 1 fully saturated rings. The van der Waals surface area contributed by atoms with Crippen LogP contribution in [0.1, 0.15) is 52.4 Å². The number of piperidine rings is 1. The summed E-state index contributed by atoms with van der Waals surface area (Å²) in [6.07, 6.45) is 6.01. The maximum absolute atomic E-state index is 12.5. The standard InChI is InChI=1S/C13H25N3O2/c1-3-7-10-8-5-6-9-16(10)13(17)11(4-2)12(14)15-18/h10-11,18H,3-9H2,1-2H3,(H2,14,15). The predicted molar refractivity (Wildman–Crippen MR) is 71.4 cm³/mol. The molecule has 2 atom stereocenters. The van der Waals surface area contributed by atoms with E-state index in [0.29, 0.717) is 12.5 Å². The van der Waals surface area contributed by atoms with Crippen LogP contribution in [-0.4, -0.2) is 34.4 Å².